The van der Waals surface area contributed by atoms with Crippen LogP contribution >= 0.6 is 11.6 Å². The fourth-order valence-electron chi connectivity index (χ4n) is 3.00. The van der Waals surface area contributed by atoms with E-state index >= 15 is 0 Å². The van der Waals surface area contributed by atoms with Crippen LogP contribution in [0.4, 0.5) is 15.8 Å². The number of carbonyl (C=O) groups is 3. The van der Waals surface area contributed by atoms with Crippen molar-refractivity contribution in [1.82, 2.24) is 5.43 Å². The highest BCUT2D eigenvalue weighted by Gasteiger charge is 2.14. The number of carbonyl (C=O) groups excluding carboxylic acids is 3. The zero-order valence-corrected chi connectivity index (χ0v) is 20.8. The van der Waals surface area contributed by atoms with E-state index in [1.54, 1.807) is 50.2 Å². The maximum absolute atomic E-state index is 12.9. The Kier molecular flexibility index (Phi) is 9.56. The summed E-state index contributed by atoms with van der Waals surface area (Å²) in [6.45, 7) is 3.66. The molecule has 0 saturated carbocycles. The lowest BCUT2D eigenvalue weighted by molar-refractivity contribution is -0.136. The van der Waals surface area contributed by atoms with Crippen LogP contribution in [0.2, 0.25) is 5.02 Å². The van der Waals surface area contributed by atoms with Crippen molar-refractivity contribution in [1.29, 1.82) is 0 Å². The van der Waals surface area contributed by atoms with E-state index in [1.807, 2.05) is 0 Å². The van der Waals surface area contributed by atoms with Gasteiger partial charge in [-0.15, -0.1) is 0 Å². The van der Waals surface area contributed by atoms with Crippen molar-refractivity contribution in [2.75, 3.05) is 23.8 Å². The van der Waals surface area contributed by atoms with Gasteiger partial charge in [0.25, 0.3) is 5.91 Å². The molecule has 3 N–H and O–H groups in total. The van der Waals surface area contributed by atoms with E-state index in [0.29, 0.717) is 34.4 Å². The van der Waals surface area contributed by atoms with Gasteiger partial charge < -0.3 is 20.1 Å². The Balaban J connectivity index is 1.56. The van der Waals surface area contributed by atoms with Crippen molar-refractivity contribution in [3.05, 3.63) is 82.6 Å². The topological polar surface area (TPSA) is 118 Å². The molecule has 11 heteroatoms. The molecule has 0 radical (unpaired) electrons. The van der Waals surface area contributed by atoms with Crippen molar-refractivity contribution in [3.8, 4) is 11.5 Å². The Bertz CT molecular complexity index is 1310. The number of nitrogens with one attached hydrogen (secondary N) is 3. The van der Waals surface area contributed by atoms with Gasteiger partial charge in [0.05, 0.1) is 12.8 Å². The number of ether oxygens (including phenoxy) is 2. The van der Waals surface area contributed by atoms with Crippen LogP contribution < -0.4 is 25.5 Å². The quantitative estimate of drug-likeness (QED) is 0.218. The number of rotatable bonds is 9. The molecule has 0 saturated heterocycles. The van der Waals surface area contributed by atoms with E-state index in [9.17, 15) is 18.8 Å². The first kappa shape index (κ1) is 27.2. The molecule has 0 aromatic heterocycles. The summed E-state index contributed by atoms with van der Waals surface area (Å²) in [6.07, 6.45) is 1.31. The van der Waals surface area contributed by atoms with E-state index in [0.717, 1.165) is 17.7 Å². The van der Waals surface area contributed by atoms with Crippen molar-refractivity contribution < 1.29 is 28.2 Å². The molecule has 3 aromatic rings. The Morgan fingerprint density at radius 3 is 2.46 bits per heavy atom. The molecule has 3 aromatic carbocycles. The van der Waals surface area contributed by atoms with Gasteiger partial charge in [-0.2, -0.15) is 5.10 Å². The molecular formula is C26H24ClFN4O5. The number of anilines is 2. The molecule has 9 nitrogen and oxygen atoms in total. The number of halogens is 2. The van der Waals surface area contributed by atoms with Crippen molar-refractivity contribution in [3.63, 3.8) is 0 Å². The van der Waals surface area contributed by atoms with Crippen LogP contribution in [-0.4, -0.2) is 37.1 Å². The second kappa shape index (κ2) is 13.0. The van der Waals surface area contributed by atoms with Gasteiger partial charge in [0, 0.05) is 16.4 Å². The lowest BCUT2D eigenvalue weighted by Gasteiger charge is -2.13. The molecule has 37 heavy (non-hydrogen) atoms. The summed E-state index contributed by atoms with van der Waals surface area (Å²) < 4.78 is 24.2. The van der Waals surface area contributed by atoms with Crippen LogP contribution in [0.3, 0.4) is 0 Å². The van der Waals surface area contributed by atoms with Gasteiger partial charge in [-0.05, 0) is 79.6 Å². The first-order valence-corrected chi connectivity index (χ1v) is 11.5. The minimum Gasteiger partial charge on any atom is -0.490 e. The first-order chi connectivity index (χ1) is 17.8. The summed E-state index contributed by atoms with van der Waals surface area (Å²) >= 11 is 6.08. The second-order valence-corrected chi connectivity index (χ2v) is 7.96. The maximum atomic E-state index is 12.9. The molecule has 0 unspecified atom stereocenters. The molecule has 0 fully saturated rings. The third kappa shape index (κ3) is 8.04. The Morgan fingerprint density at radius 1 is 0.973 bits per heavy atom. The average Bonchev–Trinajstić information content (AvgIpc) is 2.87. The molecule has 0 aliphatic carbocycles. The summed E-state index contributed by atoms with van der Waals surface area (Å²) in [4.78, 5) is 36.2. The number of hydrogen-bond acceptors (Lipinski definition) is 6. The van der Waals surface area contributed by atoms with E-state index in [1.165, 1.54) is 18.3 Å². The van der Waals surface area contributed by atoms with E-state index in [4.69, 9.17) is 21.1 Å². The van der Waals surface area contributed by atoms with Crippen molar-refractivity contribution in [2.45, 2.75) is 13.8 Å². The van der Waals surface area contributed by atoms with Crippen LogP contribution in [-0.2, 0) is 14.4 Å². The van der Waals surface area contributed by atoms with Gasteiger partial charge in [-0.3, -0.25) is 14.4 Å². The summed E-state index contributed by atoms with van der Waals surface area (Å²) in [5.41, 5.74) is 4.24. The average molecular weight is 527 g/mol. The molecule has 0 heterocycles. The number of hydrazone groups is 1. The lowest BCUT2D eigenvalue weighted by atomic mass is 10.2. The van der Waals surface area contributed by atoms with Crippen molar-refractivity contribution in [2.24, 2.45) is 5.10 Å². The third-order valence-electron chi connectivity index (χ3n) is 4.86. The van der Waals surface area contributed by atoms with Gasteiger partial charge in [0.2, 0.25) is 0 Å². The highest BCUT2D eigenvalue weighted by molar-refractivity contribution is 6.39. The van der Waals surface area contributed by atoms with Crippen LogP contribution in [0.25, 0.3) is 0 Å². The van der Waals surface area contributed by atoms with Crippen LogP contribution in [0, 0.1) is 12.7 Å². The summed E-state index contributed by atoms with van der Waals surface area (Å²) in [5, 5.41) is 9.39. The van der Waals surface area contributed by atoms with E-state index < -0.39 is 17.6 Å². The Morgan fingerprint density at radius 2 is 1.73 bits per heavy atom. The standard InChI is InChI=1S/C26H24ClFN4O5/c1-3-36-23-13-17(14-29-32-26(35)25(34)30-19-10-8-18(28)9-11-19)7-12-22(23)37-15-24(33)31-21-6-4-5-20(27)16(21)2/h4-14H,3,15H2,1-2H3,(H,30,34)(H,31,33)(H,32,35)/b29-14-. The molecule has 3 rings (SSSR count). The fraction of sp³-hybridized carbons (Fsp3) is 0.154. The zero-order valence-electron chi connectivity index (χ0n) is 20.0. The predicted molar refractivity (Wildman–Crippen MR) is 139 cm³/mol. The molecule has 0 aliphatic heterocycles. The smallest absolute Gasteiger partial charge is 0.329 e. The lowest BCUT2D eigenvalue weighted by Crippen LogP contribution is -2.32. The third-order valence-corrected chi connectivity index (χ3v) is 5.27. The maximum Gasteiger partial charge on any atom is 0.329 e. The monoisotopic (exact) mass is 526 g/mol. The molecule has 0 atom stereocenters. The van der Waals surface area contributed by atoms with Gasteiger partial charge in [0.15, 0.2) is 18.1 Å². The van der Waals surface area contributed by atoms with Gasteiger partial charge in [0.1, 0.15) is 5.82 Å². The van der Waals surface area contributed by atoms with Gasteiger partial charge in [-0.25, -0.2) is 9.82 Å². The zero-order chi connectivity index (χ0) is 26.8. The van der Waals surface area contributed by atoms with E-state index in [-0.39, 0.29) is 18.2 Å². The second-order valence-electron chi connectivity index (χ2n) is 7.55. The first-order valence-electron chi connectivity index (χ1n) is 11.1. The molecule has 0 aliphatic rings. The summed E-state index contributed by atoms with van der Waals surface area (Å²) in [7, 11) is 0. The normalized spacial score (nSPS) is 10.6. The van der Waals surface area contributed by atoms with Gasteiger partial charge >= 0.3 is 11.8 Å². The Hall–Kier alpha value is -4.44. The number of benzene rings is 3. The molecule has 0 bridgehead atoms. The number of hydrogen-bond donors (Lipinski definition) is 3. The van der Waals surface area contributed by atoms with Crippen LogP contribution in [0.1, 0.15) is 18.1 Å². The molecule has 192 valence electrons. The van der Waals surface area contributed by atoms with Crippen LogP contribution in [0.15, 0.2) is 65.8 Å². The highest BCUT2D eigenvalue weighted by atomic mass is 35.5. The largest absolute Gasteiger partial charge is 0.490 e. The molecular weight excluding hydrogens is 503 g/mol. The number of nitrogens with zero attached hydrogens (tertiary/aromatic N) is 1. The highest BCUT2D eigenvalue weighted by Crippen LogP contribution is 2.28. The predicted octanol–water partition coefficient (Wildman–Crippen LogP) is 4.29. The van der Waals surface area contributed by atoms with Crippen LogP contribution in [0.5, 0.6) is 11.5 Å². The summed E-state index contributed by atoms with van der Waals surface area (Å²) in [5.74, 6) is -2.12. The number of amides is 3. The van der Waals surface area contributed by atoms with Gasteiger partial charge in [-0.1, -0.05) is 17.7 Å². The fourth-order valence-corrected chi connectivity index (χ4v) is 3.18. The Labute approximate surface area is 217 Å². The molecule has 3 amide bonds. The minimum atomic E-state index is -1.01. The van der Waals surface area contributed by atoms with Crippen molar-refractivity contribution >= 4 is 46.9 Å². The SMILES string of the molecule is CCOc1cc(/C=N\NC(=O)C(=O)Nc2ccc(F)cc2)ccc1OCC(=O)Nc1cccc(Cl)c1C. The minimum absolute atomic E-state index is 0.263. The molecule has 0 spiro atoms. The summed E-state index contributed by atoms with van der Waals surface area (Å²) in [6, 6.07) is 15.0. The van der Waals surface area contributed by atoms with E-state index in [2.05, 4.69) is 21.2 Å².